The van der Waals surface area contributed by atoms with E-state index in [0.29, 0.717) is 11.8 Å². The van der Waals surface area contributed by atoms with E-state index in [1.165, 1.54) is 11.8 Å². The summed E-state index contributed by atoms with van der Waals surface area (Å²) < 4.78 is 22.1. The maximum absolute atomic E-state index is 11.1. The molecule has 2 fully saturated rings. The molecular formula is C10H17NO2S. The van der Waals surface area contributed by atoms with E-state index in [1.807, 2.05) is 0 Å². The van der Waals surface area contributed by atoms with Crippen molar-refractivity contribution < 1.29 is 8.42 Å². The van der Waals surface area contributed by atoms with Crippen LogP contribution >= 0.6 is 0 Å². The standard InChI is InChI=1S/C10H17NO2S/c1-10(2)8-4-3-7(5-8)9(10)6-14(11,12)13/h6-8H,3-5H2,1-2H3,(H2,11,12,13)/b9-6+/t7-,8+/m0/s1. The van der Waals surface area contributed by atoms with Gasteiger partial charge in [-0.1, -0.05) is 13.8 Å². The summed E-state index contributed by atoms with van der Waals surface area (Å²) in [5, 5.41) is 6.37. The molecule has 0 aromatic rings. The highest BCUT2D eigenvalue weighted by Crippen LogP contribution is 2.58. The van der Waals surface area contributed by atoms with Crippen molar-refractivity contribution in [2.75, 3.05) is 0 Å². The van der Waals surface area contributed by atoms with Gasteiger partial charge in [0.2, 0.25) is 10.0 Å². The van der Waals surface area contributed by atoms with E-state index in [2.05, 4.69) is 13.8 Å². The number of allylic oxidation sites excluding steroid dienone is 1. The summed E-state index contributed by atoms with van der Waals surface area (Å²) in [4.78, 5) is 0. The van der Waals surface area contributed by atoms with Gasteiger partial charge < -0.3 is 0 Å². The monoisotopic (exact) mass is 215 g/mol. The lowest BCUT2D eigenvalue weighted by molar-refractivity contribution is 0.288. The molecule has 2 bridgehead atoms. The van der Waals surface area contributed by atoms with E-state index >= 15 is 0 Å². The Balaban J connectivity index is 2.42. The summed E-state index contributed by atoms with van der Waals surface area (Å²) in [5.74, 6) is 1.12. The first-order valence-electron chi connectivity index (χ1n) is 5.05. The number of primary sulfonamides is 1. The molecule has 14 heavy (non-hydrogen) atoms. The van der Waals surface area contributed by atoms with Gasteiger partial charge in [0.1, 0.15) is 0 Å². The van der Waals surface area contributed by atoms with Crippen LogP contribution in [0, 0.1) is 17.3 Å². The molecule has 3 nitrogen and oxygen atoms in total. The molecule has 0 aromatic heterocycles. The van der Waals surface area contributed by atoms with Gasteiger partial charge in [-0.3, -0.25) is 0 Å². The zero-order chi connectivity index (χ0) is 10.6. The Hall–Kier alpha value is -0.350. The Kier molecular flexibility index (Phi) is 2.05. The normalized spacial score (nSPS) is 38.1. The molecule has 0 aliphatic heterocycles. The average molecular weight is 215 g/mol. The first-order valence-corrected chi connectivity index (χ1v) is 6.66. The Morgan fingerprint density at radius 1 is 1.43 bits per heavy atom. The lowest BCUT2D eigenvalue weighted by atomic mass is 9.73. The van der Waals surface area contributed by atoms with Gasteiger partial charge in [0.15, 0.2) is 0 Å². The van der Waals surface area contributed by atoms with Crippen LogP contribution < -0.4 is 5.14 Å². The van der Waals surface area contributed by atoms with Gasteiger partial charge in [-0.2, -0.15) is 0 Å². The van der Waals surface area contributed by atoms with Crippen LogP contribution in [0.5, 0.6) is 0 Å². The highest BCUT2D eigenvalue weighted by molar-refractivity contribution is 7.92. The van der Waals surface area contributed by atoms with E-state index in [4.69, 9.17) is 5.14 Å². The fourth-order valence-electron chi connectivity index (χ4n) is 3.11. The van der Waals surface area contributed by atoms with Crippen LogP contribution in [0.2, 0.25) is 0 Å². The molecule has 0 unspecified atom stereocenters. The van der Waals surface area contributed by atoms with Crippen LogP contribution in [0.25, 0.3) is 0 Å². The molecule has 2 saturated carbocycles. The molecule has 0 radical (unpaired) electrons. The van der Waals surface area contributed by atoms with Gasteiger partial charge in [-0.15, -0.1) is 0 Å². The molecule has 2 atom stereocenters. The topological polar surface area (TPSA) is 60.2 Å². The number of hydrogen-bond acceptors (Lipinski definition) is 2. The van der Waals surface area contributed by atoms with Crippen LogP contribution in [0.4, 0.5) is 0 Å². The summed E-state index contributed by atoms with van der Waals surface area (Å²) >= 11 is 0. The quantitative estimate of drug-likeness (QED) is 0.722. The molecule has 2 aliphatic rings. The van der Waals surface area contributed by atoms with Gasteiger partial charge in [0, 0.05) is 5.41 Å². The fourth-order valence-corrected chi connectivity index (χ4v) is 3.96. The van der Waals surface area contributed by atoms with E-state index in [-0.39, 0.29) is 5.41 Å². The predicted octanol–water partition coefficient (Wildman–Crippen LogP) is 1.61. The van der Waals surface area contributed by atoms with Crippen molar-refractivity contribution in [1.82, 2.24) is 0 Å². The Labute approximate surface area is 85.4 Å². The highest BCUT2D eigenvalue weighted by atomic mass is 32.2. The van der Waals surface area contributed by atoms with Crippen LogP contribution in [0.1, 0.15) is 33.1 Å². The third kappa shape index (κ3) is 1.50. The highest BCUT2D eigenvalue weighted by Gasteiger charge is 2.49. The van der Waals surface area contributed by atoms with Crippen molar-refractivity contribution in [3.05, 3.63) is 11.0 Å². The number of hydrogen-bond donors (Lipinski definition) is 1. The third-order valence-electron chi connectivity index (χ3n) is 3.93. The van der Waals surface area contributed by atoms with E-state index in [9.17, 15) is 8.42 Å². The number of sulfonamides is 1. The fraction of sp³-hybridized carbons (Fsp3) is 0.800. The average Bonchev–Trinajstić information content (AvgIpc) is 2.51. The Morgan fingerprint density at radius 3 is 2.50 bits per heavy atom. The molecule has 2 aliphatic carbocycles. The SMILES string of the molecule is CC1(C)/C(=C/S(N)(=O)=O)[C@H]2CC[C@@H]1C2. The van der Waals surface area contributed by atoms with Gasteiger partial charge in [0.25, 0.3) is 0 Å². The zero-order valence-corrected chi connectivity index (χ0v) is 9.47. The molecule has 0 heterocycles. The Bertz CT molecular complexity index is 381. The second-order valence-electron chi connectivity index (χ2n) is 5.09. The third-order valence-corrected chi connectivity index (χ3v) is 4.51. The molecule has 0 saturated heterocycles. The molecule has 0 aromatic carbocycles. The van der Waals surface area contributed by atoms with Crippen LogP contribution in [-0.2, 0) is 10.0 Å². The summed E-state index contributed by atoms with van der Waals surface area (Å²) in [6, 6.07) is 0. The first-order chi connectivity index (χ1) is 6.31. The molecular weight excluding hydrogens is 198 g/mol. The van der Waals surface area contributed by atoms with Crippen molar-refractivity contribution in [3.8, 4) is 0 Å². The minimum absolute atomic E-state index is 0.0371. The summed E-state index contributed by atoms with van der Waals surface area (Å²) in [7, 11) is -3.46. The summed E-state index contributed by atoms with van der Waals surface area (Å²) in [6.07, 6.45) is 3.52. The zero-order valence-electron chi connectivity index (χ0n) is 8.66. The van der Waals surface area contributed by atoms with Crippen molar-refractivity contribution in [1.29, 1.82) is 0 Å². The number of nitrogens with two attached hydrogens (primary N) is 1. The first kappa shape index (κ1) is 10.2. The second-order valence-corrected chi connectivity index (χ2v) is 6.50. The van der Waals surface area contributed by atoms with Gasteiger partial charge in [-0.05, 0) is 42.1 Å². The van der Waals surface area contributed by atoms with Crippen molar-refractivity contribution >= 4 is 10.0 Å². The van der Waals surface area contributed by atoms with Gasteiger partial charge in [0.05, 0.1) is 0 Å². The smallest absolute Gasteiger partial charge is 0.225 e. The van der Waals surface area contributed by atoms with Crippen molar-refractivity contribution in [2.45, 2.75) is 33.1 Å². The maximum Gasteiger partial charge on any atom is 0.231 e. The second kappa shape index (κ2) is 2.83. The minimum Gasteiger partial charge on any atom is -0.225 e. The van der Waals surface area contributed by atoms with Crippen LogP contribution in [0.3, 0.4) is 0 Å². The lowest BCUT2D eigenvalue weighted by Gasteiger charge is -2.32. The number of fused-ring (bicyclic) bond motifs is 2. The number of rotatable bonds is 1. The van der Waals surface area contributed by atoms with E-state index < -0.39 is 10.0 Å². The maximum atomic E-state index is 11.1. The molecule has 2 rings (SSSR count). The van der Waals surface area contributed by atoms with Crippen LogP contribution in [-0.4, -0.2) is 8.42 Å². The molecule has 4 heteroatoms. The molecule has 2 N–H and O–H groups in total. The largest absolute Gasteiger partial charge is 0.231 e. The molecule has 0 amide bonds. The van der Waals surface area contributed by atoms with Crippen LogP contribution in [0.15, 0.2) is 11.0 Å². The van der Waals surface area contributed by atoms with Crippen molar-refractivity contribution in [2.24, 2.45) is 22.4 Å². The predicted molar refractivity (Wildman–Crippen MR) is 55.8 cm³/mol. The van der Waals surface area contributed by atoms with Crippen molar-refractivity contribution in [3.63, 3.8) is 0 Å². The molecule has 0 spiro atoms. The van der Waals surface area contributed by atoms with E-state index in [0.717, 1.165) is 18.4 Å². The minimum atomic E-state index is -3.46. The van der Waals surface area contributed by atoms with Gasteiger partial charge in [-0.25, -0.2) is 13.6 Å². The van der Waals surface area contributed by atoms with E-state index in [1.54, 1.807) is 0 Å². The Morgan fingerprint density at radius 2 is 2.07 bits per heavy atom. The molecule has 80 valence electrons. The summed E-state index contributed by atoms with van der Waals surface area (Å²) in [6.45, 7) is 4.27. The summed E-state index contributed by atoms with van der Waals surface area (Å²) in [5.41, 5.74) is 1.09. The lowest BCUT2D eigenvalue weighted by Crippen LogP contribution is -2.24. The van der Waals surface area contributed by atoms with Gasteiger partial charge >= 0.3 is 0 Å².